The number of aliphatic hydroxyl groups is 4. The van der Waals surface area contributed by atoms with E-state index in [-0.39, 0.29) is 0 Å². The minimum absolute atomic E-state index is 0.406. The Bertz CT molecular complexity index is 931. The van der Waals surface area contributed by atoms with E-state index in [1.165, 1.54) is 36.8 Å². The highest BCUT2D eigenvalue weighted by atomic mass is 31.2. The van der Waals surface area contributed by atoms with E-state index >= 15 is 0 Å². The van der Waals surface area contributed by atoms with Crippen LogP contribution in [0.4, 0.5) is 0 Å². The van der Waals surface area contributed by atoms with E-state index in [1.54, 1.807) is 0 Å². The van der Waals surface area contributed by atoms with E-state index in [4.69, 9.17) is 40.0 Å². The third kappa shape index (κ3) is 21.6. The molecule has 0 atom stereocenters. The Morgan fingerprint density at radius 2 is 0.729 bits per heavy atom. The molecule has 13 heteroatoms. The SMILES string of the molecule is CCCCc1cc(C)cc(CCCC)c1O.CCCCc1cc(C)cc(CCCC)c1O.OCC(CO)(CO)CO.OP(O)OP(O)O. The molecule has 2 aromatic carbocycles. The number of benzene rings is 2. The largest absolute Gasteiger partial charge is 0.507 e. The topological polar surface area (TPSA) is 212 Å². The van der Waals surface area contributed by atoms with Crippen LogP contribution in [0, 0.1) is 19.3 Å². The first-order valence-corrected chi connectivity index (χ1v) is 19.2. The highest BCUT2D eigenvalue weighted by molar-refractivity contribution is 7.53. The van der Waals surface area contributed by atoms with Crippen LogP contribution in [-0.2, 0) is 30.0 Å². The predicted molar refractivity (Wildman–Crippen MR) is 195 cm³/mol. The minimum Gasteiger partial charge on any atom is -0.507 e. The van der Waals surface area contributed by atoms with Crippen molar-refractivity contribution in [2.75, 3.05) is 26.4 Å². The van der Waals surface area contributed by atoms with Gasteiger partial charge in [0.25, 0.3) is 0 Å². The third-order valence-electron chi connectivity index (χ3n) is 7.51. The van der Waals surface area contributed by atoms with Crippen molar-refractivity contribution >= 4 is 17.2 Å². The molecule has 0 aromatic heterocycles. The van der Waals surface area contributed by atoms with Crippen molar-refractivity contribution in [3.63, 3.8) is 0 Å². The summed E-state index contributed by atoms with van der Waals surface area (Å²) in [4.78, 5) is 31.3. The van der Waals surface area contributed by atoms with Crippen LogP contribution in [-0.4, -0.2) is 76.6 Å². The molecule has 0 saturated carbocycles. The molecule has 10 N–H and O–H groups in total. The molecule has 0 aliphatic carbocycles. The molecule has 0 saturated heterocycles. The molecule has 0 aliphatic rings. The Morgan fingerprint density at radius 3 is 0.854 bits per heavy atom. The van der Waals surface area contributed by atoms with Crippen molar-refractivity contribution in [2.24, 2.45) is 5.41 Å². The fourth-order valence-electron chi connectivity index (χ4n) is 4.47. The minimum atomic E-state index is -2.61. The Balaban J connectivity index is 0. The second-order valence-corrected chi connectivity index (χ2v) is 13.7. The summed E-state index contributed by atoms with van der Waals surface area (Å²) in [6, 6.07) is 8.50. The lowest BCUT2D eigenvalue weighted by molar-refractivity contribution is -0.0328. The molecular weight excluding hydrogens is 658 g/mol. The highest BCUT2D eigenvalue weighted by Crippen LogP contribution is 2.41. The van der Waals surface area contributed by atoms with Crippen LogP contribution >= 0.6 is 17.2 Å². The van der Waals surface area contributed by atoms with Crippen molar-refractivity contribution in [3.8, 4) is 11.5 Å². The van der Waals surface area contributed by atoms with E-state index in [9.17, 15) is 10.2 Å². The summed E-state index contributed by atoms with van der Waals surface area (Å²) >= 11 is 0. The second kappa shape index (κ2) is 29.3. The van der Waals surface area contributed by atoms with Gasteiger partial charge in [-0.15, -0.1) is 0 Å². The fraction of sp³-hybridized carbons (Fsp3) is 0.657. The fourth-order valence-corrected chi connectivity index (χ4v) is 4.99. The molecule has 0 amide bonds. The molecule has 11 nitrogen and oxygen atoms in total. The first-order chi connectivity index (χ1) is 22.7. The number of phenolic OH excluding ortho intramolecular Hbond substituents is 2. The summed E-state index contributed by atoms with van der Waals surface area (Å²) in [5.74, 6) is 1.10. The van der Waals surface area contributed by atoms with Crippen LogP contribution in [0.3, 0.4) is 0 Å². The quantitative estimate of drug-likeness (QED) is 0.0790. The lowest BCUT2D eigenvalue weighted by Crippen LogP contribution is -2.37. The zero-order chi connectivity index (χ0) is 37.1. The number of hydrogen-bond donors (Lipinski definition) is 10. The maximum Gasteiger partial charge on any atom is 0.334 e. The van der Waals surface area contributed by atoms with Gasteiger partial charge in [0.05, 0.1) is 31.8 Å². The second-order valence-electron chi connectivity index (χ2n) is 12.0. The average molecular weight is 723 g/mol. The van der Waals surface area contributed by atoms with Crippen LogP contribution in [0.15, 0.2) is 24.3 Å². The number of aliphatic hydroxyl groups excluding tert-OH is 4. The molecule has 0 spiro atoms. The molecule has 0 fully saturated rings. The lowest BCUT2D eigenvalue weighted by Gasteiger charge is -2.23. The zero-order valence-electron chi connectivity index (χ0n) is 29.9. The zero-order valence-corrected chi connectivity index (χ0v) is 31.7. The molecule has 0 heterocycles. The van der Waals surface area contributed by atoms with Crippen molar-refractivity contribution in [1.29, 1.82) is 0 Å². The lowest BCUT2D eigenvalue weighted by atomic mass is 9.93. The van der Waals surface area contributed by atoms with Crippen molar-refractivity contribution in [3.05, 3.63) is 57.6 Å². The summed E-state index contributed by atoms with van der Waals surface area (Å²) in [5.41, 5.74) is 5.96. The normalized spacial score (nSPS) is 11.0. The molecule has 0 unspecified atom stereocenters. The van der Waals surface area contributed by atoms with E-state index in [0.717, 1.165) is 73.6 Å². The number of aryl methyl sites for hydroxylation is 6. The molecule has 0 bridgehead atoms. The van der Waals surface area contributed by atoms with Gasteiger partial charge in [0.1, 0.15) is 11.5 Å². The van der Waals surface area contributed by atoms with Gasteiger partial charge in [-0.2, -0.15) is 0 Å². The predicted octanol–water partition coefficient (Wildman–Crippen LogP) is 6.14. The maximum atomic E-state index is 10.2. The summed E-state index contributed by atoms with van der Waals surface area (Å²) in [6.07, 6.45) is 13.4. The molecule has 280 valence electrons. The smallest absolute Gasteiger partial charge is 0.334 e. The van der Waals surface area contributed by atoms with Gasteiger partial charge < -0.3 is 50.2 Å². The van der Waals surface area contributed by atoms with Gasteiger partial charge in [-0.3, -0.25) is 0 Å². The molecule has 48 heavy (non-hydrogen) atoms. The van der Waals surface area contributed by atoms with Crippen LogP contribution in [0.1, 0.15) is 112 Å². The Morgan fingerprint density at radius 1 is 0.500 bits per heavy atom. The van der Waals surface area contributed by atoms with Crippen LogP contribution in [0.2, 0.25) is 0 Å². The summed E-state index contributed by atoms with van der Waals surface area (Å²) < 4.78 is 3.60. The third-order valence-corrected chi connectivity index (χ3v) is 8.68. The van der Waals surface area contributed by atoms with Crippen LogP contribution in [0.5, 0.6) is 11.5 Å². The molecule has 0 aliphatic heterocycles. The van der Waals surface area contributed by atoms with Crippen LogP contribution < -0.4 is 0 Å². The molecule has 2 rings (SSSR count). The van der Waals surface area contributed by atoms with E-state index in [2.05, 4.69) is 70.1 Å². The molecule has 2 aromatic rings. The monoisotopic (exact) mass is 722 g/mol. The van der Waals surface area contributed by atoms with E-state index < -0.39 is 49.0 Å². The summed E-state index contributed by atoms with van der Waals surface area (Å²) in [5, 5.41) is 54.3. The van der Waals surface area contributed by atoms with Crippen molar-refractivity contribution in [2.45, 2.75) is 119 Å². The number of hydrogen-bond acceptors (Lipinski definition) is 11. The van der Waals surface area contributed by atoms with Gasteiger partial charge in [0.15, 0.2) is 0 Å². The first kappa shape index (κ1) is 48.7. The first-order valence-electron chi connectivity index (χ1n) is 16.8. The van der Waals surface area contributed by atoms with E-state index in [0.29, 0.717) is 11.5 Å². The summed E-state index contributed by atoms with van der Waals surface area (Å²) in [6.45, 7) is 11.3. The maximum absolute atomic E-state index is 10.2. The van der Waals surface area contributed by atoms with Gasteiger partial charge >= 0.3 is 17.2 Å². The standard InChI is InChI=1S/2C15H24O.C5H12O4.H4O5P2/c2*1-4-6-8-13-10-12(3)11-14(15(13)16)9-7-5-2;6-1-5(2-7,3-8)4-9;1-6(2)5-7(3)4/h2*10-11,16H,4-9H2,1-3H3;6-9H,1-4H2;1-4H. The Labute approximate surface area is 290 Å². The number of unbranched alkanes of at least 4 members (excludes halogenated alkanes) is 4. The van der Waals surface area contributed by atoms with Crippen molar-refractivity contribution < 1.29 is 54.5 Å². The van der Waals surface area contributed by atoms with Crippen LogP contribution in [0.25, 0.3) is 0 Å². The van der Waals surface area contributed by atoms with Gasteiger partial charge in [0, 0.05) is 0 Å². The molecule has 0 radical (unpaired) electrons. The van der Waals surface area contributed by atoms with Gasteiger partial charge in [0.2, 0.25) is 0 Å². The van der Waals surface area contributed by atoms with Gasteiger partial charge in [-0.1, -0.05) is 88.8 Å². The summed E-state index contributed by atoms with van der Waals surface area (Å²) in [7, 11) is -5.22. The molecular formula is C35H64O11P2. The van der Waals surface area contributed by atoms with Gasteiger partial charge in [-0.05, 0) is 87.5 Å². The number of aromatic hydroxyl groups is 2. The number of rotatable bonds is 18. The van der Waals surface area contributed by atoms with Crippen molar-refractivity contribution in [1.82, 2.24) is 0 Å². The Kier molecular flexibility index (Phi) is 29.7. The van der Waals surface area contributed by atoms with Gasteiger partial charge in [-0.25, -0.2) is 4.31 Å². The number of phenols is 2. The average Bonchev–Trinajstić information content (AvgIpc) is 3.05. The Hall–Kier alpha value is -1.46. The highest BCUT2D eigenvalue weighted by Gasteiger charge is 2.26. The van der Waals surface area contributed by atoms with E-state index in [1.807, 2.05) is 0 Å².